The summed E-state index contributed by atoms with van der Waals surface area (Å²) >= 11 is 0. The van der Waals surface area contributed by atoms with Crippen molar-refractivity contribution in [3.63, 3.8) is 0 Å². The van der Waals surface area contributed by atoms with Gasteiger partial charge < -0.3 is 14.7 Å². The van der Waals surface area contributed by atoms with E-state index >= 15 is 0 Å². The summed E-state index contributed by atoms with van der Waals surface area (Å²) in [5.74, 6) is 0.637. The van der Waals surface area contributed by atoms with Gasteiger partial charge in [0, 0.05) is 12.6 Å². The second-order valence-electron chi connectivity index (χ2n) is 6.31. The SMILES string of the molecule is COc1ccc(CN2C(=O)N(C)C(CO)(C(F)(F)F)c3ccccc32)cc1. The van der Waals surface area contributed by atoms with E-state index in [0.29, 0.717) is 10.6 Å². The molecule has 27 heavy (non-hydrogen) atoms. The summed E-state index contributed by atoms with van der Waals surface area (Å²) in [6, 6.07) is 11.9. The molecule has 2 aromatic carbocycles. The third-order valence-corrected chi connectivity index (χ3v) is 4.93. The Morgan fingerprint density at radius 1 is 1.11 bits per heavy atom. The normalized spacial score (nSPS) is 19.9. The second-order valence-corrected chi connectivity index (χ2v) is 6.31. The van der Waals surface area contributed by atoms with Crippen molar-refractivity contribution >= 4 is 11.7 Å². The first-order valence-electron chi connectivity index (χ1n) is 8.21. The van der Waals surface area contributed by atoms with E-state index in [1.165, 1.54) is 30.2 Å². The number of aliphatic hydroxyl groups excluding tert-OH is 1. The summed E-state index contributed by atoms with van der Waals surface area (Å²) in [5.41, 5.74) is -2.08. The van der Waals surface area contributed by atoms with Gasteiger partial charge >= 0.3 is 12.2 Å². The number of benzene rings is 2. The number of fused-ring (bicyclic) bond motifs is 1. The van der Waals surface area contributed by atoms with Gasteiger partial charge in [-0.25, -0.2) is 4.79 Å². The monoisotopic (exact) mass is 380 g/mol. The number of methoxy groups -OCH3 is 1. The smallest absolute Gasteiger partial charge is 0.418 e. The van der Waals surface area contributed by atoms with Gasteiger partial charge in [0.25, 0.3) is 0 Å². The number of carbonyl (C=O) groups excluding carboxylic acids is 1. The first kappa shape index (κ1) is 19.0. The molecule has 5 nitrogen and oxygen atoms in total. The van der Waals surface area contributed by atoms with Crippen LogP contribution in [0.1, 0.15) is 11.1 Å². The minimum absolute atomic E-state index is 0.0869. The molecular formula is C19H19F3N2O3. The molecule has 1 aliphatic rings. The number of nitrogens with zero attached hydrogens (tertiary/aromatic N) is 2. The Balaban J connectivity index is 2.10. The van der Waals surface area contributed by atoms with Crippen molar-refractivity contribution in [2.45, 2.75) is 18.3 Å². The van der Waals surface area contributed by atoms with E-state index in [4.69, 9.17) is 4.74 Å². The van der Waals surface area contributed by atoms with Crippen molar-refractivity contribution in [3.8, 4) is 5.75 Å². The number of hydrogen-bond acceptors (Lipinski definition) is 3. The lowest BCUT2D eigenvalue weighted by molar-refractivity contribution is -0.236. The Morgan fingerprint density at radius 2 is 1.74 bits per heavy atom. The molecular weight excluding hydrogens is 361 g/mol. The number of amides is 2. The van der Waals surface area contributed by atoms with Crippen LogP contribution in [0, 0.1) is 0 Å². The molecule has 0 spiro atoms. The van der Waals surface area contributed by atoms with E-state index in [0.717, 1.165) is 12.6 Å². The number of likely N-dealkylation sites (N-methyl/N-ethyl adjacent to an activating group) is 1. The second kappa shape index (κ2) is 6.77. The van der Waals surface area contributed by atoms with Gasteiger partial charge in [0.2, 0.25) is 0 Å². The van der Waals surface area contributed by atoms with Crippen LogP contribution in [0.5, 0.6) is 5.75 Å². The molecule has 1 aliphatic heterocycles. The minimum atomic E-state index is -4.84. The number of carbonyl (C=O) groups is 1. The summed E-state index contributed by atoms with van der Waals surface area (Å²) in [4.78, 5) is 14.7. The topological polar surface area (TPSA) is 53.0 Å². The van der Waals surface area contributed by atoms with Crippen LogP contribution in [-0.2, 0) is 12.1 Å². The third kappa shape index (κ3) is 2.90. The van der Waals surface area contributed by atoms with Gasteiger partial charge in [0.15, 0.2) is 5.54 Å². The fourth-order valence-electron chi connectivity index (χ4n) is 3.38. The number of urea groups is 1. The quantitative estimate of drug-likeness (QED) is 0.883. The lowest BCUT2D eigenvalue weighted by Gasteiger charge is -2.49. The molecule has 3 rings (SSSR count). The van der Waals surface area contributed by atoms with Crippen LogP contribution in [0.4, 0.5) is 23.7 Å². The Bertz CT molecular complexity index is 839. The van der Waals surface area contributed by atoms with E-state index < -0.39 is 24.4 Å². The Labute approximate surface area is 154 Å². The highest BCUT2D eigenvalue weighted by molar-refractivity contribution is 5.96. The number of halogens is 3. The van der Waals surface area contributed by atoms with Gasteiger partial charge in [-0.3, -0.25) is 4.90 Å². The molecule has 1 unspecified atom stereocenters. The highest BCUT2D eigenvalue weighted by atomic mass is 19.4. The largest absolute Gasteiger partial charge is 0.497 e. The van der Waals surface area contributed by atoms with Gasteiger partial charge in [-0.05, 0) is 23.8 Å². The van der Waals surface area contributed by atoms with Crippen molar-refractivity contribution in [1.82, 2.24) is 4.90 Å². The van der Waals surface area contributed by atoms with E-state index in [9.17, 15) is 23.1 Å². The van der Waals surface area contributed by atoms with Crippen LogP contribution in [0.3, 0.4) is 0 Å². The highest BCUT2D eigenvalue weighted by Gasteiger charge is 2.63. The lowest BCUT2D eigenvalue weighted by atomic mass is 9.84. The number of para-hydroxylation sites is 1. The number of rotatable bonds is 4. The first-order valence-corrected chi connectivity index (χ1v) is 8.21. The van der Waals surface area contributed by atoms with E-state index in [1.807, 2.05) is 0 Å². The Morgan fingerprint density at radius 3 is 2.30 bits per heavy atom. The molecule has 0 saturated carbocycles. The summed E-state index contributed by atoms with van der Waals surface area (Å²) < 4.78 is 46.9. The summed E-state index contributed by atoms with van der Waals surface area (Å²) in [6.07, 6.45) is -4.84. The van der Waals surface area contributed by atoms with Crippen molar-refractivity contribution in [2.75, 3.05) is 25.7 Å². The Kier molecular flexibility index (Phi) is 4.77. The molecule has 1 N–H and O–H groups in total. The maximum absolute atomic E-state index is 14.0. The molecule has 0 radical (unpaired) electrons. The molecule has 8 heteroatoms. The zero-order valence-electron chi connectivity index (χ0n) is 14.8. The molecule has 1 heterocycles. The van der Waals surface area contributed by atoms with Gasteiger partial charge in [-0.15, -0.1) is 0 Å². The summed E-state index contributed by atoms with van der Waals surface area (Å²) in [5, 5.41) is 9.70. The van der Waals surface area contributed by atoms with Crippen LogP contribution in [0.25, 0.3) is 0 Å². The number of ether oxygens (including phenoxy) is 1. The van der Waals surface area contributed by atoms with E-state index in [1.54, 1.807) is 30.3 Å². The molecule has 1 atom stereocenters. The number of hydrogen-bond donors (Lipinski definition) is 1. The van der Waals surface area contributed by atoms with Gasteiger partial charge in [0.05, 0.1) is 25.9 Å². The average Bonchev–Trinajstić information content (AvgIpc) is 2.65. The van der Waals surface area contributed by atoms with Crippen molar-refractivity contribution in [3.05, 3.63) is 59.7 Å². The van der Waals surface area contributed by atoms with Crippen LogP contribution in [-0.4, -0.2) is 43.0 Å². The van der Waals surface area contributed by atoms with Crippen molar-refractivity contribution in [1.29, 1.82) is 0 Å². The maximum atomic E-state index is 14.0. The number of alkyl halides is 3. The molecule has 0 saturated heterocycles. The fourth-order valence-corrected chi connectivity index (χ4v) is 3.38. The third-order valence-electron chi connectivity index (χ3n) is 4.93. The number of aliphatic hydroxyl groups is 1. The summed E-state index contributed by atoms with van der Waals surface area (Å²) in [6.45, 7) is -1.17. The van der Waals surface area contributed by atoms with Gasteiger partial charge in [0.1, 0.15) is 5.75 Å². The van der Waals surface area contributed by atoms with Crippen LogP contribution < -0.4 is 9.64 Å². The molecule has 0 aromatic heterocycles. The zero-order chi connectivity index (χ0) is 19.8. The van der Waals surface area contributed by atoms with Crippen LogP contribution in [0.2, 0.25) is 0 Å². The predicted octanol–water partition coefficient (Wildman–Crippen LogP) is 3.52. The molecule has 0 aliphatic carbocycles. The highest BCUT2D eigenvalue weighted by Crippen LogP contribution is 2.49. The summed E-state index contributed by atoms with van der Waals surface area (Å²) in [7, 11) is 2.59. The van der Waals surface area contributed by atoms with Crippen molar-refractivity contribution < 1.29 is 27.8 Å². The lowest BCUT2D eigenvalue weighted by Crippen LogP contribution is -2.65. The van der Waals surface area contributed by atoms with E-state index in [2.05, 4.69) is 0 Å². The Hall–Kier alpha value is -2.74. The van der Waals surface area contributed by atoms with Crippen molar-refractivity contribution in [2.24, 2.45) is 0 Å². The molecule has 144 valence electrons. The average molecular weight is 380 g/mol. The first-order chi connectivity index (χ1) is 12.8. The standard InChI is InChI=1S/C19H19F3N2O3/c1-23-17(26)24(11-13-7-9-14(27-2)10-8-13)16-6-4-3-5-15(16)18(23,12-25)19(20,21)22/h3-10,25H,11-12H2,1-2H3. The fraction of sp³-hybridized carbons (Fsp3) is 0.316. The number of anilines is 1. The van der Waals surface area contributed by atoms with Crippen LogP contribution >= 0.6 is 0 Å². The van der Waals surface area contributed by atoms with E-state index in [-0.39, 0.29) is 17.8 Å². The van der Waals surface area contributed by atoms with Gasteiger partial charge in [-0.2, -0.15) is 13.2 Å². The zero-order valence-corrected chi connectivity index (χ0v) is 14.8. The molecule has 0 bridgehead atoms. The predicted molar refractivity (Wildman–Crippen MR) is 93.6 cm³/mol. The van der Waals surface area contributed by atoms with Crippen LogP contribution in [0.15, 0.2) is 48.5 Å². The molecule has 0 fully saturated rings. The molecule has 2 aromatic rings. The maximum Gasteiger partial charge on any atom is 0.418 e. The molecule has 2 amide bonds. The van der Waals surface area contributed by atoms with Gasteiger partial charge in [-0.1, -0.05) is 30.3 Å². The minimum Gasteiger partial charge on any atom is -0.497 e.